The third-order valence-corrected chi connectivity index (χ3v) is 4.23. The summed E-state index contributed by atoms with van der Waals surface area (Å²) in [6.45, 7) is 0. The molecule has 2 aromatic heterocycles. The number of hydrogen-bond donors (Lipinski definition) is 0. The molecule has 0 N–H and O–H groups in total. The minimum absolute atomic E-state index is 0.0234. The number of benzene rings is 1. The molecule has 0 spiro atoms. The molecule has 0 fully saturated rings. The highest BCUT2D eigenvalue weighted by atomic mass is 32.2. The van der Waals surface area contributed by atoms with Crippen molar-refractivity contribution in [2.24, 2.45) is 0 Å². The number of thioether (sulfide) groups is 1. The fraction of sp³-hybridized carbons (Fsp3) is 0.188. The van der Waals surface area contributed by atoms with Crippen LogP contribution < -0.4 is 10.4 Å². The molecule has 0 aliphatic rings. The van der Waals surface area contributed by atoms with Crippen LogP contribution in [0.3, 0.4) is 0 Å². The summed E-state index contributed by atoms with van der Waals surface area (Å²) in [6, 6.07) is 7.11. The Balaban J connectivity index is 1.90. The second-order valence-electron chi connectivity index (χ2n) is 4.96. The lowest BCUT2D eigenvalue weighted by atomic mass is 10.1. The fourth-order valence-electron chi connectivity index (χ4n) is 2.17. The normalized spacial score (nSPS) is 11.7. The molecule has 0 saturated carbocycles. The average Bonchev–Trinajstić information content (AvgIpc) is 2.58. The summed E-state index contributed by atoms with van der Waals surface area (Å²) in [7, 11) is 1.49. The second-order valence-corrected chi connectivity index (χ2v) is 5.91. The number of hydrogen-bond acceptors (Lipinski definition) is 6. The molecule has 5 nitrogen and oxygen atoms in total. The van der Waals surface area contributed by atoms with E-state index in [1.54, 1.807) is 18.2 Å². The smallest absolute Gasteiger partial charge is 0.433 e. The minimum Gasteiger partial charge on any atom is -0.497 e. The van der Waals surface area contributed by atoms with Gasteiger partial charge in [0.15, 0.2) is 5.16 Å². The topological polar surface area (TPSA) is 65.2 Å². The Morgan fingerprint density at radius 1 is 1.24 bits per heavy atom. The molecule has 25 heavy (non-hydrogen) atoms. The van der Waals surface area contributed by atoms with Crippen molar-refractivity contribution in [3.8, 4) is 5.75 Å². The number of halogens is 3. The highest BCUT2D eigenvalue weighted by Crippen LogP contribution is 2.30. The number of aromatic nitrogens is 2. The van der Waals surface area contributed by atoms with Crippen molar-refractivity contribution in [2.75, 3.05) is 7.11 Å². The van der Waals surface area contributed by atoms with E-state index in [4.69, 9.17) is 9.15 Å². The number of alkyl halides is 3. The van der Waals surface area contributed by atoms with E-state index in [1.165, 1.54) is 13.2 Å². The molecule has 0 bridgehead atoms. The van der Waals surface area contributed by atoms with E-state index in [0.29, 0.717) is 22.3 Å². The van der Waals surface area contributed by atoms with Crippen molar-refractivity contribution < 1.29 is 22.3 Å². The van der Waals surface area contributed by atoms with Gasteiger partial charge in [-0.1, -0.05) is 11.8 Å². The van der Waals surface area contributed by atoms with Gasteiger partial charge in [0.1, 0.15) is 17.0 Å². The van der Waals surface area contributed by atoms with Crippen LogP contribution in [-0.2, 0) is 11.9 Å². The molecule has 9 heteroatoms. The monoisotopic (exact) mass is 368 g/mol. The van der Waals surface area contributed by atoms with E-state index in [2.05, 4.69) is 9.97 Å². The van der Waals surface area contributed by atoms with E-state index < -0.39 is 17.5 Å². The molecule has 0 saturated heterocycles. The highest BCUT2D eigenvalue weighted by Gasteiger charge is 2.32. The molecular formula is C16H11F3N2O3S. The van der Waals surface area contributed by atoms with Gasteiger partial charge in [-0.05, 0) is 23.8 Å². The molecule has 0 atom stereocenters. The van der Waals surface area contributed by atoms with Crippen LogP contribution in [0.25, 0.3) is 11.0 Å². The number of rotatable bonds is 4. The molecule has 2 heterocycles. The summed E-state index contributed by atoms with van der Waals surface area (Å²) in [4.78, 5) is 19.0. The number of ether oxygens (including phenoxy) is 1. The van der Waals surface area contributed by atoms with Crippen LogP contribution in [0.4, 0.5) is 13.2 Å². The molecule has 0 aliphatic heterocycles. The molecule has 0 amide bonds. The van der Waals surface area contributed by atoms with Crippen molar-refractivity contribution >= 4 is 22.7 Å². The number of methoxy groups -OCH3 is 1. The molecule has 1 aromatic carbocycles. The molecule has 3 rings (SSSR count). The predicted molar refractivity (Wildman–Crippen MR) is 85.6 cm³/mol. The maximum atomic E-state index is 12.7. The van der Waals surface area contributed by atoms with Gasteiger partial charge in [-0.25, -0.2) is 14.8 Å². The fourth-order valence-corrected chi connectivity index (χ4v) is 2.99. The summed E-state index contributed by atoms with van der Waals surface area (Å²) in [5, 5.41) is 0.643. The highest BCUT2D eigenvalue weighted by molar-refractivity contribution is 7.98. The standard InChI is InChI=1S/C16H11F3N2O3S/c1-23-10-2-3-11-9(6-14(22)24-12(11)7-10)8-25-15-20-5-4-13(21-15)16(17,18)19/h2-7H,8H2,1H3. The zero-order valence-electron chi connectivity index (χ0n) is 12.8. The predicted octanol–water partition coefficient (Wildman–Crippen LogP) is 3.90. The van der Waals surface area contributed by atoms with Gasteiger partial charge in [0.2, 0.25) is 0 Å². The Bertz CT molecular complexity index is 973. The lowest BCUT2D eigenvalue weighted by Gasteiger charge is -2.08. The van der Waals surface area contributed by atoms with Gasteiger partial charge < -0.3 is 9.15 Å². The quantitative estimate of drug-likeness (QED) is 0.395. The summed E-state index contributed by atoms with van der Waals surface area (Å²) in [5.41, 5.74) is -0.610. The zero-order chi connectivity index (χ0) is 18.0. The van der Waals surface area contributed by atoms with Crippen LogP contribution in [0.1, 0.15) is 11.3 Å². The van der Waals surface area contributed by atoms with Crippen LogP contribution in [0.5, 0.6) is 5.75 Å². The first-order valence-corrected chi connectivity index (χ1v) is 7.99. The van der Waals surface area contributed by atoms with Crippen molar-refractivity contribution in [1.29, 1.82) is 0 Å². The molecular weight excluding hydrogens is 357 g/mol. The average molecular weight is 368 g/mol. The molecule has 0 unspecified atom stereocenters. The summed E-state index contributed by atoms with van der Waals surface area (Å²) in [5.74, 6) is 0.747. The first-order chi connectivity index (χ1) is 11.9. The second kappa shape index (κ2) is 6.75. The third kappa shape index (κ3) is 3.93. The van der Waals surface area contributed by atoms with E-state index >= 15 is 0 Å². The Morgan fingerprint density at radius 3 is 2.76 bits per heavy atom. The van der Waals surface area contributed by atoms with Crippen LogP contribution in [0, 0.1) is 0 Å². The lowest BCUT2D eigenvalue weighted by Crippen LogP contribution is -2.08. The largest absolute Gasteiger partial charge is 0.497 e. The molecule has 130 valence electrons. The van der Waals surface area contributed by atoms with Gasteiger partial charge in [-0.15, -0.1) is 0 Å². The van der Waals surface area contributed by atoms with Crippen LogP contribution in [0.2, 0.25) is 0 Å². The van der Waals surface area contributed by atoms with E-state index in [9.17, 15) is 18.0 Å². The van der Waals surface area contributed by atoms with Gasteiger partial charge in [0.25, 0.3) is 0 Å². The van der Waals surface area contributed by atoms with Crippen LogP contribution >= 0.6 is 11.8 Å². The lowest BCUT2D eigenvalue weighted by molar-refractivity contribution is -0.141. The Kier molecular flexibility index (Phi) is 4.67. The number of fused-ring (bicyclic) bond motifs is 1. The van der Waals surface area contributed by atoms with Crippen LogP contribution in [-0.4, -0.2) is 17.1 Å². The van der Waals surface area contributed by atoms with Crippen molar-refractivity contribution in [2.45, 2.75) is 17.1 Å². The maximum absolute atomic E-state index is 12.7. The molecule has 3 aromatic rings. The van der Waals surface area contributed by atoms with Gasteiger partial charge in [0.05, 0.1) is 7.11 Å². The zero-order valence-corrected chi connectivity index (χ0v) is 13.6. The van der Waals surface area contributed by atoms with Crippen molar-refractivity contribution in [3.63, 3.8) is 0 Å². The van der Waals surface area contributed by atoms with Crippen LogP contribution in [0.15, 0.2) is 50.9 Å². The van der Waals surface area contributed by atoms with E-state index in [-0.39, 0.29) is 10.9 Å². The minimum atomic E-state index is -4.53. The van der Waals surface area contributed by atoms with Crippen molar-refractivity contribution in [3.05, 3.63) is 58.2 Å². The van der Waals surface area contributed by atoms with Gasteiger partial charge in [-0.3, -0.25) is 0 Å². The molecule has 0 aliphatic carbocycles. The van der Waals surface area contributed by atoms with E-state index in [0.717, 1.165) is 24.0 Å². The van der Waals surface area contributed by atoms with E-state index in [1.807, 2.05) is 0 Å². The van der Waals surface area contributed by atoms with Gasteiger partial charge in [0, 0.05) is 29.5 Å². The summed E-state index contributed by atoms with van der Waals surface area (Å²) < 4.78 is 48.3. The summed E-state index contributed by atoms with van der Waals surface area (Å²) >= 11 is 1.00. The first-order valence-electron chi connectivity index (χ1n) is 7.00. The Morgan fingerprint density at radius 2 is 2.04 bits per heavy atom. The Labute approximate surface area is 143 Å². The van der Waals surface area contributed by atoms with Gasteiger partial charge >= 0.3 is 11.8 Å². The SMILES string of the molecule is COc1ccc2c(CSc3nccc(C(F)(F)F)n3)cc(=O)oc2c1. The molecule has 0 radical (unpaired) electrons. The van der Waals surface area contributed by atoms with Crippen molar-refractivity contribution in [1.82, 2.24) is 9.97 Å². The third-order valence-electron chi connectivity index (χ3n) is 3.32. The number of nitrogens with zero attached hydrogens (tertiary/aromatic N) is 2. The first kappa shape index (κ1) is 17.3. The Hall–Kier alpha value is -2.55. The summed E-state index contributed by atoms with van der Waals surface area (Å²) in [6.07, 6.45) is -3.48. The maximum Gasteiger partial charge on any atom is 0.433 e. The van der Waals surface area contributed by atoms with Gasteiger partial charge in [-0.2, -0.15) is 13.2 Å².